The van der Waals surface area contributed by atoms with Crippen molar-refractivity contribution in [1.29, 1.82) is 0 Å². The molecule has 2 N–H and O–H groups in total. The van der Waals surface area contributed by atoms with Crippen LogP contribution in [0.25, 0.3) is 0 Å². The molecular weight excluding hydrogens is 273 g/mol. The van der Waals surface area contributed by atoms with Gasteiger partial charge in [-0.3, -0.25) is 4.99 Å². The van der Waals surface area contributed by atoms with E-state index in [-0.39, 0.29) is 5.82 Å². The molecule has 0 saturated carbocycles. The molecule has 3 nitrogen and oxygen atoms in total. The van der Waals surface area contributed by atoms with E-state index in [1.165, 1.54) is 10.9 Å². The molecule has 2 heterocycles. The highest BCUT2D eigenvalue weighted by atomic mass is 32.1. The number of halogens is 1. The SMILES string of the molecule is CC1(c2cccc(F)c2)CN=C(N)N1Cc1cccs1. The van der Waals surface area contributed by atoms with Crippen LogP contribution in [-0.4, -0.2) is 17.4 Å². The van der Waals surface area contributed by atoms with Gasteiger partial charge in [-0.2, -0.15) is 0 Å². The van der Waals surface area contributed by atoms with Crippen molar-refractivity contribution in [3.63, 3.8) is 0 Å². The number of hydrogen-bond acceptors (Lipinski definition) is 4. The zero-order valence-electron chi connectivity index (χ0n) is 11.2. The van der Waals surface area contributed by atoms with Crippen molar-refractivity contribution >= 4 is 17.3 Å². The highest BCUT2D eigenvalue weighted by molar-refractivity contribution is 7.09. The molecule has 0 aliphatic carbocycles. The van der Waals surface area contributed by atoms with Crippen LogP contribution < -0.4 is 5.73 Å². The predicted octanol–water partition coefficient (Wildman–Crippen LogP) is 2.93. The molecule has 2 aromatic rings. The van der Waals surface area contributed by atoms with Crippen LogP contribution in [0, 0.1) is 5.82 Å². The lowest BCUT2D eigenvalue weighted by atomic mass is 9.91. The van der Waals surface area contributed by atoms with Gasteiger partial charge < -0.3 is 10.6 Å². The fraction of sp³-hybridized carbons (Fsp3) is 0.267. The average molecular weight is 289 g/mol. The molecule has 0 radical (unpaired) electrons. The smallest absolute Gasteiger partial charge is 0.192 e. The minimum Gasteiger partial charge on any atom is -0.370 e. The van der Waals surface area contributed by atoms with Crippen LogP contribution in [0.3, 0.4) is 0 Å². The monoisotopic (exact) mass is 289 g/mol. The Hall–Kier alpha value is -1.88. The molecule has 0 saturated heterocycles. The summed E-state index contributed by atoms with van der Waals surface area (Å²) >= 11 is 1.68. The summed E-state index contributed by atoms with van der Waals surface area (Å²) in [5, 5.41) is 2.04. The molecule has 1 atom stereocenters. The van der Waals surface area contributed by atoms with Crippen molar-refractivity contribution in [3.8, 4) is 0 Å². The summed E-state index contributed by atoms with van der Waals surface area (Å²) < 4.78 is 13.5. The summed E-state index contributed by atoms with van der Waals surface area (Å²) in [5.74, 6) is 0.287. The first-order chi connectivity index (χ1) is 9.59. The van der Waals surface area contributed by atoms with E-state index in [0.29, 0.717) is 19.0 Å². The molecule has 20 heavy (non-hydrogen) atoms. The van der Waals surface area contributed by atoms with Gasteiger partial charge in [-0.15, -0.1) is 11.3 Å². The molecule has 1 aromatic carbocycles. The van der Waals surface area contributed by atoms with Gasteiger partial charge in [0.15, 0.2) is 5.96 Å². The molecule has 1 aliphatic heterocycles. The van der Waals surface area contributed by atoms with E-state index >= 15 is 0 Å². The third kappa shape index (κ3) is 2.18. The van der Waals surface area contributed by atoms with Crippen molar-refractivity contribution in [2.24, 2.45) is 10.7 Å². The van der Waals surface area contributed by atoms with Crippen LogP contribution in [0.5, 0.6) is 0 Å². The molecule has 1 unspecified atom stereocenters. The van der Waals surface area contributed by atoms with Crippen molar-refractivity contribution in [2.45, 2.75) is 19.0 Å². The van der Waals surface area contributed by atoms with E-state index in [1.807, 2.05) is 22.4 Å². The number of nitrogens with zero attached hydrogens (tertiary/aromatic N) is 2. The molecule has 0 spiro atoms. The van der Waals surface area contributed by atoms with Gasteiger partial charge in [0.1, 0.15) is 5.82 Å². The summed E-state index contributed by atoms with van der Waals surface area (Å²) in [4.78, 5) is 7.62. The normalized spacial score (nSPS) is 22.1. The second-order valence-electron chi connectivity index (χ2n) is 5.12. The maximum Gasteiger partial charge on any atom is 0.192 e. The quantitative estimate of drug-likeness (QED) is 0.944. The first-order valence-electron chi connectivity index (χ1n) is 6.45. The van der Waals surface area contributed by atoms with Crippen LogP contribution in [-0.2, 0) is 12.1 Å². The van der Waals surface area contributed by atoms with Gasteiger partial charge in [0.2, 0.25) is 0 Å². The maximum atomic E-state index is 13.5. The standard InChI is InChI=1S/C15H16FN3S/c1-15(11-4-2-5-12(16)8-11)10-18-14(17)19(15)9-13-6-3-7-20-13/h2-8H,9-10H2,1H3,(H2,17,18). The number of hydrogen-bond donors (Lipinski definition) is 1. The molecule has 104 valence electrons. The molecule has 0 amide bonds. The van der Waals surface area contributed by atoms with Crippen molar-refractivity contribution < 1.29 is 4.39 Å². The molecular formula is C15H16FN3S. The van der Waals surface area contributed by atoms with Gasteiger partial charge in [-0.25, -0.2) is 4.39 Å². The van der Waals surface area contributed by atoms with Gasteiger partial charge in [0, 0.05) is 4.88 Å². The Bertz CT molecular complexity index is 638. The Labute approximate surface area is 121 Å². The Kier molecular flexibility index (Phi) is 3.22. The Balaban J connectivity index is 1.95. The summed E-state index contributed by atoms with van der Waals surface area (Å²) in [5.41, 5.74) is 6.54. The number of rotatable bonds is 3. The number of guanidine groups is 1. The van der Waals surface area contributed by atoms with Crippen LogP contribution in [0.1, 0.15) is 17.4 Å². The summed E-state index contributed by atoms with van der Waals surface area (Å²) in [6.07, 6.45) is 0. The van der Waals surface area contributed by atoms with Crippen LogP contribution in [0.2, 0.25) is 0 Å². The third-order valence-electron chi connectivity index (χ3n) is 3.76. The van der Waals surface area contributed by atoms with E-state index in [9.17, 15) is 4.39 Å². The predicted molar refractivity (Wildman–Crippen MR) is 80.1 cm³/mol. The largest absolute Gasteiger partial charge is 0.370 e. The average Bonchev–Trinajstić information content (AvgIpc) is 3.03. The minimum absolute atomic E-state index is 0.231. The molecule has 5 heteroatoms. The zero-order chi connectivity index (χ0) is 14.2. The second-order valence-corrected chi connectivity index (χ2v) is 6.16. The molecule has 0 bridgehead atoms. The number of nitrogens with two attached hydrogens (primary N) is 1. The fourth-order valence-electron chi connectivity index (χ4n) is 2.54. The topological polar surface area (TPSA) is 41.6 Å². The van der Waals surface area contributed by atoms with Gasteiger partial charge in [0.25, 0.3) is 0 Å². The van der Waals surface area contributed by atoms with Crippen LogP contribution >= 0.6 is 11.3 Å². The Morgan fingerprint density at radius 3 is 2.95 bits per heavy atom. The van der Waals surface area contributed by atoms with E-state index in [0.717, 1.165) is 5.56 Å². The van der Waals surface area contributed by atoms with Gasteiger partial charge >= 0.3 is 0 Å². The third-order valence-corrected chi connectivity index (χ3v) is 4.62. The molecule has 0 fully saturated rings. The summed E-state index contributed by atoms with van der Waals surface area (Å²) in [6, 6.07) is 10.8. The van der Waals surface area contributed by atoms with Gasteiger partial charge in [-0.1, -0.05) is 18.2 Å². The summed E-state index contributed by atoms with van der Waals surface area (Å²) in [7, 11) is 0. The van der Waals surface area contributed by atoms with Gasteiger partial charge in [0.05, 0.1) is 18.6 Å². The number of benzene rings is 1. The van der Waals surface area contributed by atoms with Crippen molar-refractivity contribution in [2.75, 3.05) is 6.54 Å². The molecule has 1 aromatic heterocycles. The summed E-state index contributed by atoms with van der Waals surface area (Å²) in [6.45, 7) is 3.30. The van der Waals surface area contributed by atoms with E-state index < -0.39 is 5.54 Å². The van der Waals surface area contributed by atoms with Crippen molar-refractivity contribution in [3.05, 3.63) is 58.0 Å². The lowest BCUT2D eigenvalue weighted by Crippen LogP contribution is -2.46. The highest BCUT2D eigenvalue weighted by Crippen LogP contribution is 2.34. The van der Waals surface area contributed by atoms with Gasteiger partial charge in [-0.05, 0) is 36.1 Å². The number of aliphatic imine (C=N–C) groups is 1. The van der Waals surface area contributed by atoms with Crippen LogP contribution in [0.4, 0.5) is 4.39 Å². The van der Waals surface area contributed by atoms with Crippen LogP contribution in [0.15, 0.2) is 46.8 Å². The second kappa shape index (κ2) is 4.90. The highest BCUT2D eigenvalue weighted by Gasteiger charge is 2.39. The Morgan fingerprint density at radius 2 is 2.25 bits per heavy atom. The first-order valence-corrected chi connectivity index (χ1v) is 7.33. The lowest BCUT2D eigenvalue weighted by molar-refractivity contribution is 0.218. The maximum absolute atomic E-state index is 13.5. The number of thiophene rings is 1. The lowest BCUT2D eigenvalue weighted by Gasteiger charge is -2.36. The molecule has 1 aliphatic rings. The van der Waals surface area contributed by atoms with E-state index in [4.69, 9.17) is 5.73 Å². The zero-order valence-corrected chi connectivity index (χ0v) is 12.0. The Morgan fingerprint density at radius 1 is 1.40 bits per heavy atom. The first kappa shape index (κ1) is 13.1. The van der Waals surface area contributed by atoms with E-state index in [2.05, 4.69) is 18.0 Å². The fourth-order valence-corrected chi connectivity index (χ4v) is 3.24. The van der Waals surface area contributed by atoms with E-state index in [1.54, 1.807) is 23.5 Å². The minimum atomic E-state index is -0.393. The molecule has 3 rings (SSSR count). The van der Waals surface area contributed by atoms with Crippen molar-refractivity contribution in [1.82, 2.24) is 4.90 Å².